The van der Waals surface area contributed by atoms with Crippen LogP contribution >= 0.6 is 0 Å². The Bertz CT molecular complexity index is 33.8. The molecule has 0 aliphatic heterocycles. The van der Waals surface area contributed by atoms with Gasteiger partial charge in [0.15, 0.2) is 0 Å². The minimum Gasteiger partial charge on any atom is -0.511 e. The Hall–Kier alpha value is 1.66. The maximum atomic E-state index is 8.74. The summed E-state index contributed by atoms with van der Waals surface area (Å²) in [6, 6.07) is 0. The van der Waals surface area contributed by atoms with Gasteiger partial charge in [0.2, 0.25) is 0 Å². The van der Waals surface area contributed by atoms with Gasteiger partial charge in [0, 0.05) is 61.7 Å². The van der Waals surface area contributed by atoms with E-state index < -0.39 is 9.17 Å². The maximum Gasteiger partial charge on any atom is 0.761 e. The molecule has 0 bridgehead atoms. The fourth-order valence-electron chi connectivity index (χ4n) is 0. The van der Waals surface area contributed by atoms with E-state index in [2.05, 4.69) is 0 Å². The number of hydrogen-bond acceptors (Lipinski definition) is 1. The molecule has 0 aliphatic carbocycles. The van der Waals surface area contributed by atoms with Crippen molar-refractivity contribution >= 4 is 9.17 Å². The van der Waals surface area contributed by atoms with Gasteiger partial charge in [-0.1, -0.05) is 0 Å². The molecule has 2 N–H and O–H groups in total. The average Bonchev–Trinajstić information content (AvgIpc) is 0.811. The van der Waals surface area contributed by atoms with Gasteiger partial charge in [0.1, 0.15) is 0 Å². The van der Waals surface area contributed by atoms with Crippen molar-refractivity contribution in [1.29, 1.82) is 0 Å². The van der Waals surface area contributed by atoms with Crippen LogP contribution in [0.3, 0.4) is 0 Å². The molecule has 0 heterocycles. The van der Waals surface area contributed by atoms with Crippen LogP contribution in [-0.4, -0.2) is 18.8 Å². The molecule has 3 nitrogen and oxygen atoms in total. The Morgan fingerprint density at radius 1 is 1.33 bits per heavy atom. The van der Waals surface area contributed by atoms with E-state index in [0.29, 0.717) is 0 Å². The van der Waals surface area contributed by atoms with Crippen LogP contribution in [0.1, 0.15) is 0 Å². The van der Waals surface area contributed by atoms with Gasteiger partial charge in [-0.3, -0.25) is 4.46 Å². The van der Waals surface area contributed by atoms with Crippen molar-refractivity contribution < 1.29 is 75.7 Å². The zero-order valence-electron chi connectivity index (χ0n) is 2.66. The summed E-state index contributed by atoms with van der Waals surface area (Å²) in [7, 11) is -3.13. The van der Waals surface area contributed by atoms with Crippen molar-refractivity contribution in [2.24, 2.45) is 0 Å². The van der Waals surface area contributed by atoms with Gasteiger partial charge in [-0.15, -0.1) is 0 Å². The van der Waals surface area contributed by atoms with E-state index in [4.69, 9.17) is 14.1 Å². The molecule has 0 fully saturated rings. The quantitative estimate of drug-likeness (QED) is 0.526. The molecular formula is H2GdO3SiTi. The molecule has 0 spiro atoms. The third-order valence-electron chi connectivity index (χ3n) is 0. The molecule has 0 rings (SSSR count). The maximum absolute atomic E-state index is 8.74. The van der Waals surface area contributed by atoms with Gasteiger partial charge < -0.3 is 9.59 Å². The summed E-state index contributed by atoms with van der Waals surface area (Å²) >= 11 is 0. The zero-order valence-corrected chi connectivity index (χ0v) is 7.49. The van der Waals surface area contributed by atoms with Crippen molar-refractivity contribution in [2.75, 3.05) is 0 Å². The molecule has 6 heteroatoms. The van der Waals surface area contributed by atoms with Gasteiger partial charge in [-0.2, -0.15) is 0 Å². The molecule has 36 valence electrons. The number of rotatable bonds is 0. The molecule has 0 aliphatic rings. The Labute approximate surface area is 83.6 Å². The Balaban J connectivity index is -0.0000000450. The summed E-state index contributed by atoms with van der Waals surface area (Å²) in [5.41, 5.74) is 0. The topological polar surface area (TPSA) is 57.5 Å². The molecule has 0 unspecified atom stereocenters. The van der Waals surface area contributed by atoms with E-state index in [1.807, 2.05) is 0 Å². The van der Waals surface area contributed by atoms with Crippen LogP contribution in [0.5, 0.6) is 0 Å². The van der Waals surface area contributed by atoms with Crippen LogP contribution in [0.25, 0.3) is 0 Å². The minimum absolute atomic E-state index is 0. The Kier molecular flexibility index (Phi) is 25.6. The van der Waals surface area contributed by atoms with Crippen molar-refractivity contribution in [3.63, 3.8) is 0 Å². The first-order valence-corrected chi connectivity index (χ1v) is 1.95. The smallest absolute Gasteiger partial charge is 0.511 e. The summed E-state index contributed by atoms with van der Waals surface area (Å²) in [5, 5.41) is 0. The van der Waals surface area contributed by atoms with E-state index in [0.717, 1.165) is 0 Å². The Morgan fingerprint density at radius 2 is 1.33 bits per heavy atom. The van der Waals surface area contributed by atoms with Crippen LogP contribution in [-0.2, 0) is 26.2 Å². The van der Waals surface area contributed by atoms with Crippen LogP contribution in [0, 0.1) is 39.9 Å². The molecule has 0 radical (unpaired) electrons. The second-order valence-electron chi connectivity index (χ2n) is 0.283. The van der Waals surface area contributed by atoms with Crippen molar-refractivity contribution in [2.45, 2.75) is 0 Å². The van der Waals surface area contributed by atoms with E-state index in [-0.39, 0.29) is 61.7 Å². The van der Waals surface area contributed by atoms with Crippen LogP contribution in [0.4, 0.5) is 0 Å². The molecule has 0 aromatic carbocycles. The summed E-state index contributed by atoms with van der Waals surface area (Å²) in [6.45, 7) is 0. The molecule has 0 amide bonds. The average molecular weight is 283 g/mol. The molecule has 6 heavy (non-hydrogen) atoms. The second-order valence-corrected chi connectivity index (χ2v) is 0.848. The number of hydrogen-bond donors (Lipinski definition) is 2. The molecule has 0 saturated heterocycles. The van der Waals surface area contributed by atoms with Crippen molar-refractivity contribution in [3.8, 4) is 0 Å². The fraction of sp³-hybridized carbons (Fsp3) is 0. The van der Waals surface area contributed by atoms with Gasteiger partial charge in [-0.05, 0) is 0 Å². The van der Waals surface area contributed by atoms with E-state index in [9.17, 15) is 0 Å². The molecule has 0 aromatic heterocycles. The largest absolute Gasteiger partial charge is 0.761 e. The minimum atomic E-state index is -3.13. The third-order valence-corrected chi connectivity index (χ3v) is 0. The first kappa shape index (κ1) is 15.6. The molecule has 0 atom stereocenters. The van der Waals surface area contributed by atoms with Gasteiger partial charge in [0.05, 0.1) is 0 Å². The van der Waals surface area contributed by atoms with E-state index >= 15 is 0 Å². The van der Waals surface area contributed by atoms with Crippen molar-refractivity contribution in [1.82, 2.24) is 0 Å². The Morgan fingerprint density at radius 3 is 1.33 bits per heavy atom. The van der Waals surface area contributed by atoms with E-state index in [1.54, 1.807) is 0 Å². The van der Waals surface area contributed by atoms with E-state index in [1.165, 1.54) is 0 Å². The molecule has 0 aromatic rings. The standard InChI is InChI=1S/Gd.H2O3Si.Ti/c;1-4(2)3;/h;1-2H;. The first-order chi connectivity index (χ1) is 1.73. The third kappa shape index (κ3) is 44.7. The fourth-order valence-corrected chi connectivity index (χ4v) is 0. The van der Waals surface area contributed by atoms with Crippen LogP contribution < -0.4 is 0 Å². The summed E-state index contributed by atoms with van der Waals surface area (Å²) in [5.74, 6) is 0. The van der Waals surface area contributed by atoms with Crippen LogP contribution in [0.2, 0.25) is 0 Å². The summed E-state index contributed by atoms with van der Waals surface area (Å²) < 4.78 is 8.74. The summed E-state index contributed by atoms with van der Waals surface area (Å²) in [4.78, 5) is 14.3. The monoisotopic (exact) mass is 284 g/mol. The predicted octanol–water partition coefficient (Wildman–Crippen LogP) is -1.62. The second kappa shape index (κ2) is 9.82. The first-order valence-electron chi connectivity index (χ1n) is 0.651. The van der Waals surface area contributed by atoms with Gasteiger partial charge >= 0.3 is 9.17 Å². The van der Waals surface area contributed by atoms with Crippen LogP contribution in [0.15, 0.2) is 0 Å². The predicted molar refractivity (Wildman–Crippen MR) is 10.9 cm³/mol. The van der Waals surface area contributed by atoms with Gasteiger partial charge in [-0.25, -0.2) is 0 Å². The molecular weight excluding hydrogens is 281 g/mol. The zero-order chi connectivity index (χ0) is 3.58. The van der Waals surface area contributed by atoms with Gasteiger partial charge in [0.25, 0.3) is 0 Å². The van der Waals surface area contributed by atoms with Crippen molar-refractivity contribution in [3.05, 3.63) is 0 Å². The summed E-state index contributed by atoms with van der Waals surface area (Å²) in [6.07, 6.45) is 0. The SMILES string of the molecule is O=[Si](O)O.[Gd].[Ti]. The molecule has 0 saturated carbocycles. The normalized spacial score (nSPS) is 4.00.